The molecule has 2 aromatic carbocycles. The van der Waals surface area contributed by atoms with Crippen LogP contribution in [0.1, 0.15) is 22.8 Å². The molecule has 4 heteroatoms. The van der Waals surface area contributed by atoms with Gasteiger partial charge in [0, 0.05) is 10.9 Å². The molecule has 0 saturated carbocycles. The third kappa shape index (κ3) is 2.55. The van der Waals surface area contributed by atoms with Crippen LogP contribution in [0.3, 0.4) is 0 Å². The van der Waals surface area contributed by atoms with Gasteiger partial charge in [0.05, 0.1) is 21.8 Å². The number of hydrogen-bond acceptors (Lipinski definition) is 2. The summed E-state index contributed by atoms with van der Waals surface area (Å²) in [6.45, 7) is 2.09. The van der Waals surface area contributed by atoms with Crippen LogP contribution in [0.2, 0.25) is 5.02 Å². The number of fused-ring (bicyclic) bond motifs is 1. The highest BCUT2D eigenvalue weighted by molar-refractivity contribution is 6.35. The quantitative estimate of drug-likeness (QED) is 0.754. The summed E-state index contributed by atoms with van der Waals surface area (Å²) < 4.78 is 0. The van der Waals surface area contributed by atoms with Crippen LogP contribution < -0.4 is 0 Å². The minimum Gasteiger partial charge on any atom is -0.478 e. The van der Waals surface area contributed by atoms with Crippen molar-refractivity contribution in [2.75, 3.05) is 0 Å². The fraction of sp³-hybridized carbons (Fsp3) is 0.111. The Labute approximate surface area is 133 Å². The fourth-order valence-electron chi connectivity index (χ4n) is 2.45. The van der Waals surface area contributed by atoms with Crippen molar-refractivity contribution in [3.63, 3.8) is 0 Å². The van der Waals surface area contributed by atoms with Crippen molar-refractivity contribution in [1.82, 2.24) is 4.98 Å². The zero-order valence-corrected chi connectivity index (χ0v) is 12.8. The molecule has 22 heavy (non-hydrogen) atoms. The number of rotatable bonds is 3. The summed E-state index contributed by atoms with van der Waals surface area (Å²) in [5.74, 6) is -0.985. The topological polar surface area (TPSA) is 50.2 Å². The van der Waals surface area contributed by atoms with E-state index in [1.165, 1.54) is 5.56 Å². The molecule has 0 unspecified atom stereocenters. The van der Waals surface area contributed by atoms with Gasteiger partial charge >= 0.3 is 5.97 Å². The normalized spacial score (nSPS) is 10.8. The Morgan fingerprint density at radius 3 is 2.55 bits per heavy atom. The number of aryl methyl sites for hydroxylation is 1. The maximum atomic E-state index is 11.5. The Bertz CT molecular complexity index is 857. The average Bonchev–Trinajstić information content (AvgIpc) is 2.54. The number of carboxylic acids is 1. The summed E-state index contributed by atoms with van der Waals surface area (Å²) in [6.07, 6.45) is 0.956. The molecule has 3 nitrogen and oxygen atoms in total. The van der Waals surface area contributed by atoms with Crippen LogP contribution in [0.4, 0.5) is 0 Å². The summed E-state index contributed by atoms with van der Waals surface area (Å²) in [5, 5.41) is 10.5. The Balaban J connectivity index is 2.25. The fourth-order valence-corrected chi connectivity index (χ4v) is 2.67. The lowest BCUT2D eigenvalue weighted by atomic mass is 10.0. The molecule has 0 aliphatic carbocycles. The summed E-state index contributed by atoms with van der Waals surface area (Å²) in [4.78, 5) is 16.1. The van der Waals surface area contributed by atoms with Crippen molar-refractivity contribution in [2.24, 2.45) is 0 Å². The molecule has 3 rings (SSSR count). The van der Waals surface area contributed by atoms with Gasteiger partial charge in [0.25, 0.3) is 0 Å². The number of para-hydroxylation sites is 1. The van der Waals surface area contributed by atoms with Gasteiger partial charge in [-0.05, 0) is 24.1 Å². The van der Waals surface area contributed by atoms with Gasteiger partial charge < -0.3 is 5.11 Å². The van der Waals surface area contributed by atoms with Gasteiger partial charge in [0.2, 0.25) is 0 Å². The Morgan fingerprint density at radius 2 is 1.91 bits per heavy atom. The van der Waals surface area contributed by atoms with Gasteiger partial charge in [-0.2, -0.15) is 0 Å². The first-order valence-corrected chi connectivity index (χ1v) is 7.40. The molecule has 0 aliphatic rings. The third-order valence-electron chi connectivity index (χ3n) is 3.68. The van der Waals surface area contributed by atoms with Crippen LogP contribution in [-0.4, -0.2) is 16.1 Å². The molecule has 1 N–H and O–H groups in total. The molecule has 1 aromatic heterocycles. The lowest BCUT2D eigenvalue weighted by Gasteiger charge is -2.08. The van der Waals surface area contributed by atoms with E-state index >= 15 is 0 Å². The highest BCUT2D eigenvalue weighted by Crippen LogP contribution is 2.29. The van der Waals surface area contributed by atoms with Gasteiger partial charge in [-0.1, -0.05) is 54.9 Å². The molecule has 110 valence electrons. The molecule has 0 fully saturated rings. The molecule has 3 aromatic rings. The minimum absolute atomic E-state index is 0.210. The van der Waals surface area contributed by atoms with Gasteiger partial charge in [-0.25, -0.2) is 9.78 Å². The molecule has 0 amide bonds. The molecule has 1 heterocycles. The number of carbonyl (C=O) groups is 1. The number of carboxylic acid groups (broad SMARTS) is 1. The molecular formula is C18H14ClNO2. The summed E-state index contributed by atoms with van der Waals surface area (Å²) in [5.41, 5.74) is 3.43. The van der Waals surface area contributed by atoms with Gasteiger partial charge in [0.1, 0.15) is 0 Å². The Hall–Kier alpha value is -2.39. The number of halogens is 1. The van der Waals surface area contributed by atoms with E-state index in [1.807, 2.05) is 24.3 Å². The predicted molar refractivity (Wildman–Crippen MR) is 88.5 cm³/mol. The summed E-state index contributed by atoms with van der Waals surface area (Å²) in [6, 6.07) is 14.7. The zero-order chi connectivity index (χ0) is 15.7. The van der Waals surface area contributed by atoms with E-state index in [-0.39, 0.29) is 5.56 Å². The van der Waals surface area contributed by atoms with E-state index in [4.69, 9.17) is 11.6 Å². The standard InChI is InChI=1S/C18H14ClNO2/c1-2-11-6-8-12(9-7-11)16-10-14(18(21)22)13-4-3-5-15(19)17(13)20-16/h3-10H,2H2,1H3,(H,21,22). The van der Waals surface area contributed by atoms with Gasteiger partial charge in [0.15, 0.2) is 0 Å². The highest BCUT2D eigenvalue weighted by atomic mass is 35.5. The van der Waals surface area contributed by atoms with E-state index < -0.39 is 5.97 Å². The van der Waals surface area contributed by atoms with Crippen LogP contribution in [0.25, 0.3) is 22.2 Å². The molecule has 0 radical (unpaired) electrons. The number of hydrogen-bond donors (Lipinski definition) is 1. The molecular weight excluding hydrogens is 298 g/mol. The van der Waals surface area contributed by atoms with E-state index in [1.54, 1.807) is 24.3 Å². The lowest BCUT2D eigenvalue weighted by molar-refractivity contribution is 0.0699. The molecule has 0 bridgehead atoms. The second kappa shape index (κ2) is 5.78. The number of pyridine rings is 1. The van der Waals surface area contributed by atoms with Crippen molar-refractivity contribution >= 4 is 28.5 Å². The van der Waals surface area contributed by atoms with Crippen LogP contribution in [0.5, 0.6) is 0 Å². The van der Waals surface area contributed by atoms with Crippen molar-refractivity contribution in [2.45, 2.75) is 13.3 Å². The molecule has 0 atom stereocenters. The van der Waals surface area contributed by atoms with Gasteiger partial charge in [-0.3, -0.25) is 0 Å². The van der Waals surface area contributed by atoms with Crippen molar-refractivity contribution in [3.05, 3.63) is 64.7 Å². The van der Waals surface area contributed by atoms with E-state index in [2.05, 4.69) is 11.9 Å². The van der Waals surface area contributed by atoms with Crippen molar-refractivity contribution in [1.29, 1.82) is 0 Å². The van der Waals surface area contributed by atoms with Crippen LogP contribution in [0, 0.1) is 0 Å². The average molecular weight is 312 g/mol. The van der Waals surface area contributed by atoms with Crippen LogP contribution >= 0.6 is 11.6 Å². The molecule has 0 aliphatic heterocycles. The maximum Gasteiger partial charge on any atom is 0.336 e. The maximum absolute atomic E-state index is 11.5. The first-order chi connectivity index (χ1) is 10.6. The number of aromatic carboxylic acids is 1. The third-order valence-corrected chi connectivity index (χ3v) is 3.98. The van der Waals surface area contributed by atoms with Crippen molar-refractivity contribution in [3.8, 4) is 11.3 Å². The smallest absolute Gasteiger partial charge is 0.336 e. The monoisotopic (exact) mass is 311 g/mol. The number of nitrogens with zero attached hydrogens (tertiary/aromatic N) is 1. The largest absolute Gasteiger partial charge is 0.478 e. The Morgan fingerprint density at radius 1 is 1.18 bits per heavy atom. The number of benzene rings is 2. The zero-order valence-electron chi connectivity index (χ0n) is 12.0. The second-order valence-corrected chi connectivity index (χ2v) is 5.45. The van der Waals surface area contributed by atoms with E-state index in [0.29, 0.717) is 21.6 Å². The highest BCUT2D eigenvalue weighted by Gasteiger charge is 2.14. The molecule has 0 saturated heterocycles. The summed E-state index contributed by atoms with van der Waals surface area (Å²) >= 11 is 6.19. The minimum atomic E-state index is -0.985. The molecule has 0 spiro atoms. The summed E-state index contributed by atoms with van der Waals surface area (Å²) in [7, 11) is 0. The first-order valence-electron chi connectivity index (χ1n) is 7.02. The van der Waals surface area contributed by atoms with Crippen molar-refractivity contribution < 1.29 is 9.90 Å². The second-order valence-electron chi connectivity index (χ2n) is 5.05. The van der Waals surface area contributed by atoms with E-state index in [9.17, 15) is 9.90 Å². The SMILES string of the molecule is CCc1ccc(-c2cc(C(=O)O)c3cccc(Cl)c3n2)cc1. The predicted octanol–water partition coefficient (Wildman–Crippen LogP) is 4.82. The van der Waals surface area contributed by atoms with E-state index in [0.717, 1.165) is 12.0 Å². The lowest BCUT2D eigenvalue weighted by Crippen LogP contribution is -2.00. The van der Waals surface area contributed by atoms with Gasteiger partial charge in [-0.15, -0.1) is 0 Å². The van der Waals surface area contributed by atoms with Crippen LogP contribution in [-0.2, 0) is 6.42 Å². The number of aromatic nitrogens is 1. The Kier molecular flexibility index (Phi) is 3.82. The first kappa shape index (κ1) is 14.5. The van der Waals surface area contributed by atoms with Crippen LogP contribution in [0.15, 0.2) is 48.5 Å².